The summed E-state index contributed by atoms with van der Waals surface area (Å²) in [5, 5.41) is 6.05. The van der Waals surface area contributed by atoms with E-state index >= 15 is 0 Å². The minimum absolute atomic E-state index is 0.00118. The third kappa shape index (κ3) is 4.73. The highest BCUT2D eigenvalue weighted by Crippen LogP contribution is 2.20. The highest BCUT2D eigenvalue weighted by atomic mass is 16.2. The van der Waals surface area contributed by atoms with Crippen molar-refractivity contribution in [3.05, 3.63) is 78.1 Å². The molecule has 0 aliphatic carbocycles. The Morgan fingerprint density at radius 2 is 1.61 bits per heavy atom. The van der Waals surface area contributed by atoms with Crippen LogP contribution in [0.2, 0.25) is 0 Å². The van der Waals surface area contributed by atoms with Gasteiger partial charge in [0.15, 0.2) is 5.78 Å². The second kappa shape index (κ2) is 8.35. The number of nitrogens with zero attached hydrogens (tertiary/aromatic N) is 2. The molecule has 1 heterocycles. The van der Waals surface area contributed by atoms with Gasteiger partial charge in [-0.15, -0.1) is 0 Å². The molecule has 6 heteroatoms. The first-order valence-electron chi connectivity index (χ1n) is 8.85. The van der Waals surface area contributed by atoms with E-state index in [1.807, 2.05) is 55.4 Å². The fourth-order valence-corrected chi connectivity index (χ4v) is 2.65. The van der Waals surface area contributed by atoms with Crippen LogP contribution in [0.4, 0.5) is 22.7 Å². The van der Waals surface area contributed by atoms with E-state index in [9.17, 15) is 9.59 Å². The number of hydrogen-bond donors (Lipinski definition) is 2. The Bertz CT molecular complexity index is 997. The van der Waals surface area contributed by atoms with E-state index in [0.29, 0.717) is 22.6 Å². The number of rotatable bonds is 6. The summed E-state index contributed by atoms with van der Waals surface area (Å²) in [6, 6.07) is 18.2. The summed E-state index contributed by atoms with van der Waals surface area (Å²) in [6.07, 6.45) is 1.57. The number of benzene rings is 2. The van der Waals surface area contributed by atoms with Gasteiger partial charge in [-0.05, 0) is 55.5 Å². The molecule has 0 spiro atoms. The number of nitrogens with one attached hydrogen (secondary N) is 2. The fourth-order valence-electron chi connectivity index (χ4n) is 2.65. The first-order valence-corrected chi connectivity index (χ1v) is 8.85. The number of carbonyl (C=O) groups excluding carboxylic acids is 2. The molecular weight excluding hydrogens is 352 g/mol. The van der Waals surface area contributed by atoms with Crippen molar-refractivity contribution in [1.82, 2.24) is 4.98 Å². The first kappa shape index (κ1) is 19.1. The van der Waals surface area contributed by atoms with Crippen molar-refractivity contribution >= 4 is 34.4 Å². The van der Waals surface area contributed by atoms with E-state index in [-0.39, 0.29) is 11.7 Å². The summed E-state index contributed by atoms with van der Waals surface area (Å²) in [6.45, 7) is 1.53. The second-order valence-corrected chi connectivity index (χ2v) is 6.59. The van der Waals surface area contributed by atoms with Crippen molar-refractivity contribution in [2.24, 2.45) is 0 Å². The smallest absolute Gasteiger partial charge is 0.274 e. The molecule has 0 aliphatic heterocycles. The molecule has 0 saturated carbocycles. The van der Waals surface area contributed by atoms with E-state index < -0.39 is 0 Å². The molecule has 28 heavy (non-hydrogen) atoms. The van der Waals surface area contributed by atoms with E-state index in [1.54, 1.807) is 30.5 Å². The van der Waals surface area contributed by atoms with Gasteiger partial charge in [0.2, 0.25) is 0 Å². The van der Waals surface area contributed by atoms with Crippen molar-refractivity contribution in [3.8, 4) is 0 Å². The van der Waals surface area contributed by atoms with Crippen LogP contribution < -0.4 is 15.5 Å². The molecule has 2 aromatic carbocycles. The molecule has 1 amide bonds. The Labute approximate surface area is 164 Å². The van der Waals surface area contributed by atoms with Crippen molar-refractivity contribution < 1.29 is 9.59 Å². The average molecular weight is 374 g/mol. The monoisotopic (exact) mass is 374 g/mol. The molecule has 0 aliphatic rings. The zero-order valence-electron chi connectivity index (χ0n) is 16.1. The van der Waals surface area contributed by atoms with Gasteiger partial charge in [-0.25, -0.2) is 0 Å². The molecular formula is C22H22N4O2. The SMILES string of the molecule is CC(=O)c1cccc(Nc2ccnc(C(=O)Nc3ccc(N(C)C)cc3)c2)c1. The summed E-state index contributed by atoms with van der Waals surface area (Å²) in [5.41, 5.74) is 4.15. The van der Waals surface area contributed by atoms with E-state index in [2.05, 4.69) is 15.6 Å². The topological polar surface area (TPSA) is 74.3 Å². The third-order valence-corrected chi connectivity index (χ3v) is 4.19. The van der Waals surface area contributed by atoms with Gasteiger partial charge >= 0.3 is 0 Å². The Balaban J connectivity index is 1.72. The summed E-state index contributed by atoms with van der Waals surface area (Å²) in [5.74, 6) is -0.294. The number of ketones is 1. The Morgan fingerprint density at radius 3 is 2.29 bits per heavy atom. The van der Waals surface area contributed by atoms with Crippen molar-refractivity contribution in [2.75, 3.05) is 29.6 Å². The number of hydrogen-bond acceptors (Lipinski definition) is 5. The molecule has 0 saturated heterocycles. The molecule has 3 aromatic rings. The minimum atomic E-state index is -0.293. The largest absolute Gasteiger partial charge is 0.378 e. The first-order chi connectivity index (χ1) is 13.4. The summed E-state index contributed by atoms with van der Waals surface area (Å²) >= 11 is 0. The number of amides is 1. The molecule has 0 radical (unpaired) electrons. The van der Waals surface area contributed by atoms with Gasteiger partial charge in [0.1, 0.15) is 5.69 Å². The highest BCUT2D eigenvalue weighted by Gasteiger charge is 2.09. The van der Waals surface area contributed by atoms with E-state index in [1.165, 1.54) is 6.92 Å². The quantitative estimate of drug-likeness (QED) is 0.628. The summed E-state index contributed by atoms with van der Waals surface area (Å²) < 4.78 is 0. The van der Waals surface area contributed by atoms with Crippen LogP contribution in [0.25, 0.3) is 0 Å². The zero-order valence-corrected chi connectivity index (χ0v) is 16.1. The number of anilines is 4. The van der Waals surface area contributed by atoms with Crippen LogP contribution in [-0.4, -0.2) is 30.8 Å². The maximum Gasteiger partial charge on any atom is 0.274 e. The van der Waals surface area contributed by atoms with Gasteiger partial charge in [-0.3, -0.25) is 14.6 Å². The normalized spacial score (nSPS) is 10.2. The molecule has 3 rings (SSSR count). The molecule has 0 atom stereocenters. The van der Waals surface area contributed by atoms with E-state index in [0.717, 1.165) is 11.4 Å². The van der Waals surface area contributed by atoms with Crippen LogP contribution in [-0.2, 0) is 0 Å². The van der Waals surface area contributed by atoms with Crippen molar-refractivity contribution in [3.63, 3.8) is 0 Å². The number of carbonyl (C=O) groups is 2. The van der Waals surface area contributed by atoms with Crippen LogP contribution in [0, 0.1) is 0 Å². The lowest BCUT2D eigenvalue weighted by atomic mass is 10.1. The fraction of sp³-hybridized carbons (Fsp3) is 0.136. The van der Waals surface area contributed by atoms with Crippen molar-refractivity contribution in [2.45, 2.75) is 6.92 Å². The van der Waals surface area contributed by atoms with Crippen LogP contribution >= 0.6 is 0 Å². The summed E-state index contributed by atoms with van der Waals surface area (Å²) in [4.78, 5) is 30.2. The lowest BCUT2D eigenvalue weighted by molar-refractivity contribution is 0.101. The lowest BCUT2D eigenvalue weighted by Gasteiger charge is -2.13. The standard InChI is InChI=1S/C22H22N4O2/c1-15(27)16-5-4-6-18(13-16)24-19-11-12-23-21(14-19)22(28)25-17-7-9-20(10-8-17)26(2)3/h4-14H,1-3H3,(H,23,24)(H,25,28). The van der Waals surface area contributed by atoms with Gasteiger partial charge in [0.25, 0.3) is 5.91 Å². The van der Waals surface area contributed by atoms with Crippen LogP contribution in [0.5, 0.6) is 0 Å². The minimum Gasteiger partial charge on any atom is -0.378 e. The molecule has 0 fully saturated rings. The van der Waals surface area contributed by atoms with Gasteiger partial charge < -0.3 is 15.5 Å². The Morgan fingerprint density at radius 1 is 0.893 bits per heavy atom. The van der Waals surface area contributed by atoms with Crippen LogP contribution in [0.1, 0.15) is 27.8 Å². The average Bonchev–Trinajstić information content (AvgIpc) is 2.69. The molecule has 6 nitrogen and oxygen atoms in total. The molecule has 1 aromatic heterocycles. The van der Waals surface area contributed by atoms with Crippen LogP contribution in [0.15, 0.2) is 66.9 Å². The number of aromatic nitrogens is 1. The second-order valence-electron chi connectivity index (χ2n) is 6.59. The Hall–Kier alpha value is -3.67. The predicted molar refractivity (Wildman–Crippen MR) is 113 cm³/mol. The lowest BCUT2D eigenvalue weighted by Crippen LogP contribution is -2.14. The highest BCUT2D eigenvalue weighted by molar-refractivity contribution is 6.03. The zero-order chi connectivity index (χ0) is 20.1. The van der Waals surface area contributed by atoms with E-state index in [4.69, 9.17) is 0 Å². The van der Waals surface area contributed by atoms with Gasteiger partial charge in [0, 0.05) is 48.6 Å². The predicted octanol–water partition coefficient (Wildman–Crippen LogP) is 4.35. The maximum absolute atomic E-state index is 12.5. The maximum atomic E-state index is 12.5. The molecule has 0 unspecified atom stereocenters. The molecule has 142 valence electrons. The number of Topliss-reactive ketones (excluding diaryl/α,β-unsaturated/α-hetero) is 1. The van der Waals surface area contributed by atoms with Gasteiger partial charge in [0.05, 0.1) is 0 Å². The summed E-state index contributed by atoms with van der Waals surface area (Å²) in [7, 11) is 3.92. The van der Waals surface area contributed by atoms with Crippen LogP contribution in [0.3, 0.4) is 0 Å². The molecule has 0 bridgehead atoms. The molecule has 2 N–H and O–H groups in total. The Kier molecular flexibility index (Phi) is 5.69. The van der Waals surface area contributed by atoms with Gasteiger partial charge in [-0.2, -0.15) is 0 Å². The number of pyridine rings is 1. The van der Waals surface area contributed by atoms with Crippen molar-refractivity contribution in [1.29, 1.82) is 0 Å². The van der Waals surface area contributed by atoms with Gasteiger partial charge in [-0.1, -0.05) is 12.1 Å². The third-order valence-electron chi connectivity index (χ3n) is 4.19.